The normalized spacial score (nSPS) is 14.4. The number of imidazole rings is 1. The van der Waals surface area contributed by atoms with E-state index in [1.165, 1.54) is 12.0 Å². The van der Waals surface area contributed by atoms with Gasteiger partial charge >= 0.3 is 5.97 Å². The second-order valence-corrected chi connectivity index (χ2v) is 9.59. The van der Waals surface area contributed by atoms with Crippen molar-refractivity contribution in [3.05, 3.63) is 65.0 Å². The molecule has 8 nitrogen and oxygen atoms in total. The molecular weight excluding hydrogens is 466 g/mol. The molecular formula is C29H39N5O3. The van der Waals surface area contributed by atoms with Crippen LogP contribution >= 0.6 is 0 Å². The monoisotopic (exact) mass is 505 g/mol. The molecule has 0 fully saturated rings. The topological polar surface area (TPSA) is 91.2 Å². The quantitative estimate of drug-likeness (QED) is 0.278. The predicted octanol–water partition coefficient (Wildman–Crippen LogP) is 4.86. The lowest BCUT2D eigenvalue weighted by molar-refractivity contribution is -0.148. The predicted molar refractivity (Wildman–Crippen MR) is 144 cm³/mol. The molecule has 4 rings (SSSR count). The summed E-state index contributed by atoms with van der Waals surface area (Å²) in [5.41, 5.74) is 4.55. The van der Waals surface area contributed by atoms with Crippen molar-refractivity contribution < 1.29 is 14.3 Å². The Morgan fingerprint density at radius 2 is 1.95 bits per heavy atom. The van der Waals surface area contributed by atoms with Gasteiger partial charge in [-0.15, -0.1) is 0 Å². The number of hydrogen-bond acceptors (Lipinski definition) is 7. The summed E-state index contributed by atoms with van der Waals surface area (Å²) in [6, 6.07) is 8.18. The zero-order chi connectivity index (χ0) is 26.2. The number of esters is 1. The van der Waals surface area contributed by atoms with Crippen molar-refractivity contribution >= 4 is 11.8 Å². The van der Waals surface area contributed by atoms with Crippen LogP contribution in [0.2, 0.25) is 0 Å². The lowest BCUT2D eigenvalue weighted by Crippen LogP contribution is -2.27. The number of carbonyl (C=O) groups is 1. The minimum atomic E-state index is -0.354. The Balaban J connectivity index is 1.47. The van der Waals surface area contributed by atoms with Crippen LogP contribution in [0.15, 0.2) is 36.7 Å². The van der Waals surface area contributed by atoms with Gasteiger partial charge < -0.3 is 19.4 Å². The Labute approximate surface area is 219 Å². The van der Waals surface area contributed by atoms with E-state index in [-0.39, 0.29) is 17.8 Å². The Bertz CT molecular complexity index is 1170. The summed E-state index contributed by atoms with van der Waals surface area (Å²) in [6.07, 6.45) is 10.6. The first-order chi connectivity index (χ1) is 18.0. The van der Waals surface area contributed by atoms with Crippen LogP contribution in [0.4, 0.5) is 5.82 Å². The zero-order valence-corrected chi connectivity index (χ0v) is 22.5. The Morgan fingerprint density at radius 3 is 2.68 bits per heavy atom. The van der Waals surface area contributed by atoms with E-state index in [0.717, 1.165) is 67.2 Å². The molecule has 0 aromatic carbocycles. The van der Waals surface area contributed by atoms with Crippen molar-refractivity contribution in [3.8, 4) is 5.88 Å². The van der Waals surface area contributed by atoms with Gasteiger partial charge in [0, 0.05) is 43.4 Å². The number of fused-ring (bicyclic) bond motifs is 1. The minimum absolute atomic E-state index is 0.206. The van der Waals surface area contributed by atoms with Crippen LogP contribution in [0.3, 0.4) is 0 Å². The molecule has 2 unspecified atom stereocenters. The van der Waals surface area contributed by atoms with Crippen LogP contribution in [-0.2, 0) is 35.8 Å². The summed E-state index contributed by atoms with van der Waals surface area (Å²) in [6.45, 7) is 5.21. The number of methoxy groups -OCH3 is 1. The SMILES string of the molecule is CCOC(=O)C(CC)C(c1ccc(OC)nc1)c1ncc(CCCCc2ccc3c(n2)NCCC3)n1C. The summed E-state index contributed by atoms with van der Waals surface area (Å²) in [4.78, 5) is 26.9. The highest BCUT2D eigenvalue weighted by atomic mass is 16.5. The summed E-state index contributed by atoms with van der Waals surface area (Å²) in [5.74, 6) is 1.63. The third-order valence-electron chi connectivity index (χ3n) is 7.23. The minimum Gasteiger partial charge on any atom is -0.481 e. The molecule has 0 aliphatic carbocycles. The number of unbranched alkanes of at least 4 members (excludes halogenated alkanes) is 1. The summed E-state index contributed by atoms with van der Waals surface area (Å²) in [5, 5.41) is 3.42. The van der Waals surface area contributed by atoms with Crippen molar-refractivity contribution in [2.24, 2.45) is 13.0 Å². The van der Waals surface area contributed by atoms with E-state index in [0.29, 0.717) is 18.9 Å². The third kappa shape index (κ3) is 6.29. The number of aryl methyl sites for hydroxylation is 3. The average molecular weight is 506 g/mol. The molecule has 3 aromatic rings. The van der Waals surface area contributed by atoms with Gasteiger partial charge in [0.15, 0.2) is 0 Å². The molecule has 1 aliphatic heterocycles. The fraction of sp³-hybridized carbons (Fsp3) is 0.517. The molecule has 0 amide bonds. The highest BCUT2D eigenvalue weighted by Gasteiger charge is 2.34. The summed E-state index contributed by atoms with van der Waals surface area (Å²) >= 11 is 0. The number of anilines is 1. The van der Waals surface area contributed by atoms with Gasteiger partial charge in [-0.05, 0) is 69.1 Å². The first kappa shape index (κ1) is 26.6. The molecule has 198 valence electrons. The molecule has 4 heterocycles. The number of carbonyl (C=O) groups excluding carboxylic acids is 1. The van der Waals surface area contributed by atoms with Crippen molar-refractivity contribution in [1.82, 2.24) is 19.5 Å². The molecule has 37 heavy (non-hydrogen) atoms. The fourth-order valence-electron chi connectivity index (χ4n) is 5.15. The number of rotatable bonds is 12. The van der Waals surface area contributed by atoms with E-state index in [4.69, 9.17) is 19.4 Å². The van der Waals surface area contributed by atoms with E-state index < -0.39 is 0 Å². The van der Waals surface area contributed by atoms with Crippen LogP contribution in [0, 0.1) is 5.92 Å². The highest BCUT2D eigenvalue weighted by Crippen LogP contribution is 2.35. The standard InChI is InChI=1S/C29H39N5O3/c1-5-24(29(35)37-6-2)26(21-14-16-25(36-4)31-18-21)28-32-19-23(34(28)3)12-8-7-11-22-15-13-20-10-9-17-30-27(20)33-22/h13-16,18-19,24,26H,5-12,17H2,1-4H3,(H,30,33). The van der Waals surface area contributed by atoms with Gasteiger partial charge in [-0.25, -0.2) is 15.0 Å². The van der Waals surface area contributed by atoms with E-state index >= 15 is 0 Å². The van der Waals surface area contributed by atoms with Gasteiger partial charge in [-0.3, -0.25) is 4.79 Å². The van der Waals surface area contributed by atoms with Gasteiger partial charge in [-0.2, -0.15) is 0 Å². The maximum Gasteiger partial charge on any atom is 0.309 e. The molecule has 2 atom stereocenters. The van der Waals surface area contributed by atoms with Crippen molar-refractivity contribution in [3.63, 3.8) is 0 Å². The van der Waals surface area contributed by atoms with Gasteiger partial charge in [0.1, 0.15) is 11.6 Å². The van der Waals surface area contributed by atoms with E-state index in [1.807, 2.05) is 39.2 Å². The van der Waals surface area contributed by atoms with Crippen molar-refractivity contribution in [1.29, 1.82) is 0 Å². The lowest BCUT2D eigenvalue weighted by atomic mass is 9.84. The second-order valence-electron chi connectivity index (χ2n) is 9.59. The number of aromatic nitrogens is 4. The molecule has 0 saturated carbocycles. The number of pyridine rings is 2. The van der Waals surface area contributed by atoms with Crippen LogP contribution in [0.25, 0.3) is 0 Å². The molecule has 0 saturated heterocycles. The van der Waals surface area contributed by atoms with Gasteiger partial charge in [0.05, 0.1) is 25.6 Å². The van der Waals surface area contributed by atoms with Gasteiger partial charge in [0.2, 0.25) is 5.88 Å². The largest absolute Gasteiger partial charge is 0.481 e. The molecule has 1 aliphatic rings. The van der Waals surface area contributed by atoms with Gasteiger partial charge in [-0.1, -0.05) is 19.1 Å². The molecule has 8 heteroatoms. The molecule has 1 N–H and O–H groups in total. The number of nitrogens with one attached hydrogen (secondary N) is 1. The Hall–Kier alpha value is -3.42. The third-order valence-corrected chi connectivity index (χ3v) is 7.23. The van der Waals surface area contributed by atoms with Gasteiger partial charge in [0.25, 0.3) is 0 Å². The zero-order valence-electron chi connectivity index (χ0n) is 22.5. The second kappa shape index (κ2) is 12.7. The fourth-order valence-corrected chi connectivity index (χ4v) is 5.15. The lowest BCUT2D eigenvalue weighted by Gasteiger charge is -2.25. The summed E-state index contributed by atoms with van der Waals surface area (Å²) < 4.78 is 12.8. The van der Waals surface area contributed by atoms with Crippen LogP contribution in [-0.4, -0.2) is 45.7 Å². The first-order valence-electron chi connectivity index (χ1n) is 13.4. The number of ether oxygens (including phenoxy) is 2. The summed E-state index contributed by atoms with van der Waals surface area (Å²) in [7, 11) is 3.63. The first-order valence-corrected chi connectivity index (χ1v) is 13.4. The van der Waals surface area contributed by atoms with E-state index in [2.05, 4.69) is 27.0 Å². The molecule has 0 radical (unpaired) electrons. The van der Waals surface area contributed by atoms with E-state index in [9.17, 15) is 4.79 Å². The maximum absolute atomic E-state index is 12.9. The molecule has 3 aromatic heterocycles. The Kier molecular flexibility index (Phi) is 9.14. The van der Waals surface area contributed by atoms with Crippen LogP contribution in [0.5, 0.6) is 5.88 Å². The van der Waals surface area contributed by atoms with Crippen molar-refractivity contribution in [2.45, 2.75) is 64.7 Å². The Morgan fingerprint density at radius 1 is 1.11 bits per heavy atom. The molecule has 0 bridgehead atoms. The van der Waals surface area contributed by atoms with Crippen molar-refractivity contribution in [2.75, 3.05) is 25.6 Å². The highest BCUT2D eigenvalue weighted by molar-refractivity contribution is 5.74. The molecule has 0 spiro atoms. The smallest absolute Gasteiger partial charge is 0.309 e. The maximum atomic E-state index is 12.9. The average Bonchev–Trinajstić information content (AvgIpc) is 3.29. The van der Waals surface area contributed by atoms with Crippen LogP contribution in [0.1, 0.15) is 73.8 Å². The number of nitrogens with zero attached hydrogens (tertiary/aromatic N) is 4. The van der Waals surface area contributed by atoms with Crippen LogP contribution < -0.4 is 10.1 Å². The van der Waals surface area contributed by atoms with E-state index in [1.54, 1.807) is 13.3 Å². The number of hydrogen-bond donors (Lipinski definition) is 1.